The van der Waals surface area contributed by atoms with Gasteiger partial charge < -0.3 is 15.0 Å². The van der Waals surface area contributed by atoms with Crippen LogP contribution in [-0.2, 0) is 7.05 Å². The van der Waals surface area contributed by atoms with E-state index in [1.165, 1.54) is 11.3 Å². The van der Waals surface area contributed by atoms with Crippen molar-refractivity contribution in [1.29, 1.82) is 0 Å². The van der Waals surface area contributed by atoms with Gasteiger partial charge in [0.1, 0.15) is 12.9 Å². The molecule has 2 aromatic heterocycles. The first kappa shape index (κ1) is 14.2. The fraction of sp³-hybridized carbons (Fsp3) is 0.308. The maximum Gasteiger partial charge on any atom is 0.252 e. The van der Waals surface area contributed by atoms with E-state index in [4.69, 9.17) is 5.11 Å². The Balaban J connectivity index is 2.05. The highest BCUT2D eigenvalue weighted by molar-refractivity contribution is 7.10. The van der Waals surface area contributed by atoms with Gasteiger partial charge in [0.15, 0.2) is 5.82 Å². The average molecular weight is 290 g/mol. The molecule has 1 atom stereocenters. The summed E-state index contributed by atoms with van der Waals surface area (Å²) in [5, 5.41) is 21.0. The number of aryl methyl sites for hydroxylation is 1. The average Bonchev–Trinajstić information content (AvgIpc) is 3.04. The van der Waals surface area contributed by atoms with Crippen molar-refractivity contribution in [1.82, 2.24) is 20.1 Å². The minimum atomic E-state index is -0.234. The molecule has 0 aliphatic rings. The molecule has 2 N–H and O–H groups in total. The van der Waals surface area contributed by atoms with Crippen LogP contribution in [0.5, 0.6) is 0 Å². The zero-order chi connectivity index (χ0) is 14.5. The van der Waals surface area contributed by atoms with Crippen LogP contribution in [0.25, 0.3) is 0 Å². The highest BCUT2D eigenvalue weighted by Gasteiger charge is 2.16. The first-order chi connectivity index (χ1) is 9.61. The van der Waals surface area contributed by atoms with Gasteiger partial charge in [-0.15, -0.1) is 21.5 Å². The molecule has 0 spiro atoms. The smallest absolute Gasteiger partial charge is 0.252 e. The number of nitrogens with zero attached hydrogens (tertiary/aromatic N) is 3. The van der Waals surface area contributed by atoms with Crippen LogP contribution in [0.2, 0.25) is 0 Å². The van der Waals surface area contributed by atoms with E-state index >= 15 is 0 Å². The molecular weight excluding hydrogens is 276 g/mol. The molecule has 7 heteroatoms. The second-order valence-electron chi connectivity index (χ2n) is 4.15. The summed E-state index contributed by atoms with van der Waals surface area (Å²) in [7, 11) is 1.82. The molecule has 0 aliphatic carbocycles. The van der Waals surface area contributed by atoms with Crippen molar-refractivity contribution in [2.45, 2.75) is 13.0 Å². The first-order valence-corrected chi connectivity index (χ1v) is 6.82. The number of carbonyl (C=O) groups is 1. The summed E-state index contributed by atoms with van der Waals surface area (Å²) < 4.78 is 1.76. The van der Waals surface area contributed by atoms with Crippen molar-refractivity contribution in [2.75, 3.05) is 6.61 Å². The van der Waals surface area contributed by atoms with Crippen LogP contribution in [0.3, 0.4) is 0 Å². The molecule has 1 unspecified atom stereocenters. The lowest BCUT2D eigenvalue weighted by atomic mass is 10.2. The maximum absolute atomic E-state index is 12.1. The molecule has 0 saturated carbocycles. The van der Waals surface area contributed by atoms with E-state index in [9.17, 15) is 4.79 Å². The van der Waals surface area contributed by atoms with E-state index in [2.05, 4.69) is 27.4 Å². The quantitative estimate of drug-likeness (QED) is 0.816. The number of rotatable bonds is 3. The molecule has 20 heavy (non-hydrogen) atoms. The summed E-state index contributed by atoms with van der Waals surface area (Å²) in [5.41, 5.74) is 0.547. The number of aliphatic hydroxyl groups is 1. The number of hydrogen-bond acceptors (Lipinski definition) is 5. The van der Waals surface area contributed by atoms with Crippen LogP contribution in [0, 0.1) is 11.8 Å². The Hall–Kier alpha value is -2.17. The number of aromatic nitrogens is 3. The van der Waals surface area contributed by atoms with Gasteiger partial charge in [0.05, 0.1) is 16.5 Å². The third kappa shape index (κ3) is 3.23. The Bertz CT molecular complexity index is 665. The monoisotopic (exact) mass is 290 g/mol. The molecular formula is C13H14N4O2S. The molecule has 104 valence electrons. The third-order valence-corrected chi connectivity index (χ3v) is 3.48. The molecule has 2 rings (SSSR count). The molecule has 2 heterocycles. The number of carbonyl (C=O) groups excluding carboxylic acids is 1. The Morgan fingerprint density at radius 3 is 3.10 bits per heavy atom. The second-order valence-corrected chi connectivity index (χ2v) is 5.07. The van der Waals surface area contributed by atoms with Gasteiger partial charge in [-0.2, -0.15) is 0 Å². The third-order valence-electron chi connectivity index (χ3n) is 2.63. The van der Waals surface area contributed by atoms with Crippen LogP contribution in [0.15, 0.2) is 17.8 Å². The van der Waals surface area contributed by atoms with E-state index in [1.807, 2.05) is 14.0 Å². The van der Waals surface area contributed by atoms with Gasteiger partial charge in [-0.25, -0.2) is 0 Å². The summed E-state index contributed by atoms with van der Waals surface area (Å²) in [6.45, 7) is 1.66. The lowest BCUT2D eigenvalue weighted by Crippen LogP contribution is -2.28. The van der Waals surface area contributed by atoms with Crippen LogP contribution in [-0.4, -0.2) is 32.4 Å². The highest BCUT2D eigenvalue weighted by Crippen LogP contribution is 2.15. The Morgan fingerprint density at radius 2 is 2.45 bits per heavy atom. The van der Waals surface area contributed by atoms with E-state index in [0.29, 0.717) is 11.4 Å². The summed E-state index contributed by atoms with van der Waals surface area (Å²) in [5.74, 6) is 5.82. The zero-order valence-electron chi connectivity index (χ0n) is 11.1. The molecule has 0 radical (unpaired) electrons. The van der Waals surface area contributed by atoms with Gasteiger partial charge in [0, 0.05) is 12.4 Å². The van der Waals surface area contributed by atoms with E-state index in [1.54, 1.807) is 22.3 Å². The van der Waals surface area contributed by atoms with Crippen molar-refractivity contribution in [3.8, 4) is 11.8 Å². The van der Waals surface area contributed by atoms with Gasteiger partial charge in [-0.1, -0.05) is 11.8 Å². The van der Waals surface area contributed by atoms with Crippen molar-refractivity contribution in [3.05, 3.63) is 34.0 Å². The van der Waals surface area contributed by atoms with Gasteiger partial charge in [-0.05, 0) is 13.0 Å². The van der Waals surface area contributed by atoms with Crippen LogP contribution in [0.1, 0.15) is 34.0 Å². The zero-order valence-corrected chi connectivity index (χ0v) is 11.9. The van der Waals surface area contributed by atoms with Crippen molar-refractivity contribution in [3.63, 3.8) is 0 Å². The molecule has 0 fully saturated rings. The fourth-order valence-electron chi connectivity index (χ4n) is 1.68. The predicted molar refractivity (Wildman–Crippen MR) is 75.2 cm³/mol. The molecule has 0 saturated heterocycles. The van der Waals surface area contributed by atoms with Crippen molar-refractivity contribution in [2.24, 2.45) is 7.05 Å². The summed E-state index contributed by atoms with van der Waals surface area (Å²) >= 11 is 1.37. The van der Waals surface area contributed by atoms with E-state index < -0.39 is 0 Å². The molecule has 6 nitrogen and oxygen atoms in total. The van der Waals surface area contributed by atoms with Crippen LogP contribution >= 0.6 is 11.3 Å². The van der Waals surface area contributed by atoms with Gasteiger partial charge in [-0.3, -0.25) is 4.79 Å². The molecule has 0 bridgehead atoms. The van der Waals surface area contributed by atoms with Crippen LogP contribution < -0.4 is 5.32 Å². The Morgan fingerprint density at radius 1 is 1.65 bits per heavy atom. The fourth-order valence-corrected chi connectivity index (χ4v) is 2.43. The van der Waals surface area contributed by atoms with Crippen molar-refractivity contribution < 1.29 is 9.90 Å². The summed E-state index contributed by atoms with van der Waals surface area (Å²) in [6, 6.07) is 1.47. The predicted octanol–water partition coefficient (Wildman–Crippen LogP) is 0.711. The largest absolute Gasteiger partial charge is 0.384 e. The van der Waals surface area contributed by atoms with Gasteiger partial charge in [0.2, 0.25) is 0 Å². The minimum Gasteiger partial charge on any atom is -0.384 e. The van der Waals surface area contributed by atoms with E-state index in [0.717, 1.165) is 4.88 Å². The van der Waals surface area contributed by atoms with E-state index in [-0.39, 0.29) is 18.6 Å². The molecule has 0 aliphatic heterocycles. The number of aliphatic hydroxyl groups excluding tert-OH is 1. The first-order valence-electron chi connectivity index (χ1n) is 5.95. The summed E-state index contributed by atoms with van der Waals surface area (Å²) in [6.07, 6.45) is 1.59. The maximum atomic E-state index is 12.1. The Kier molecular flexibility index (Phi) is 4.50. The minimum absolute atomic E-state index is 0.186. The van der Waals surface area contributed by atoms with Gasteiger partial charge >= 0.3 is 0 Å². The lowest BCUT2D eigenvalue weighted by molar-refractivity contribution is 0.0938. The number of thiophene rings is 1. The molecule has 1 amide bonds. The molecule has 2 aromatic rings. The normalized spacial score (nSPS) is 11.6. The lowest BCUT2D eigenvalue weighted by Gasteiger charge is -2.12. The standard InChI is InChI=1S/C13H14N4O2S/c1-9(12-16-14-8-17(12)2)15-13(19)10-6-11(20-7-10)4-3-5-18/h6-9,18H,5H2,1-2H3,(H,15,19). The number of hydrogen-bond donors (Lipinski definition) is 2. The van der Waals surface area contributed by atoms with Crippen molar-refractivity contribution >= 4 is 17.2 Å². The number of amides is 1. The van der Waals surface area contributed by atoms with Crippen LogP contribution in [0.4, 0.5) is 0 Å². The number of nitrogens with one attached hydrogen (secondary N) is 1. The van der Waals surface area contributed by atoms with Gasteiger partial charge in [0.25, 0.3) is 5.91 Å². The SMILES string of the molecule is CC(NC(=O)c1csc(C#CCO)c1)c1nncn1C. The topological polar surface area (TPSA) is 80.0 Å². The Labute approximate surface area is 120 Å². The molecule has 0 aromatic carbocycles. The summed E-state index contributed by atoms with van der Waals surface area (Å²) in [4.78, 5) is 12.8. The second kappa shape index (κ2) is 6.32. The highest BCUT2D eigenvalue weighted by atomic mass is 32.1.